The maximum atomic E-state index is 14.1. The Bertz CT molecular complexity index is 2290. The van der Waals surface area contributed by atoms with E-state index in [9.17, 15) is 24.9 Å². The van der Waals surface area contributed by atoms with Crippen LogP contribution in [0.5, 0.6) is 5.75 Å². The first-order valence-electron chi connectivity index (χ1n) is 23.4. The Morgan fingerprint density at radius 3 is 2.43 bits per heavy atom. The molecule has 364 valence electrons. The van der Waals surface area contributed by atoms with Crippen LogP contribution in [0.4, 0.5) is 0 Å². The number of aliphatic hydroxyl groups is 3. The van der Waals surface area contributed by atoms with Gasteiger partial charge in [-0.25, -0.2) is 4.68 Å². The summed E-state index contributed by atoms with van der Waals surface area (Å²) in [5.74, 6) is -1.53. The van der Waals surface area contributed by atoms with E-state index in [-0.39, 0.29) is 18.1 Å². The molecule has 1 fully saturated rings. The number of carbonyl (C=O) groups is 2. The van der Waals surface area contributed by atoms with Crippen LogP contribution in [-0.2, 0) is 36.9 Å². The normalized spacial score (nSPS) is 30.6. The summed E-state index contributed by atoms with van der Waals surface area (Å²) in [5.41, 5.74) is 4.30. The number of halogens is 1. The summed E-state index contributed by atoms with van der Waals surface area (Å²) in [6.45, 7) is 10.8. The van der Waals surface area contributed by atoms with Gasteiger partial charge < -0.3 is 39.2 Å². The number of alkyl halides is 1. The van der Waals surface area contributed by atoms with Crippen molar-refractivity contribution in [2.75, 3.05) is 32.2 Å². The highest BCUT2D eigenvalue weighted by Crippen LogP contribution is 2.35. The van der Waals surface area contributed by atoms with Crippen LogP contribution in [-0.4, -0.2) is 138 Å². The molecular weight excluding hydrogens is 967 g/mol. The van der Waals surface area contributed by atoms with E-state index in [2.05, 4.69) is 42.8 Å². The Labute approximate surface area is 408 Å². The average Bonchev–Trinajstić information content (AvgIpc) is 3.79. The first-order chi connectivity index (χ1) is 32.1. The van der Waals surface area contributed by atoms with Crippen molar-refractivity contribution >= 4 is 45.2 Å². The minimum atomic E-state index is -1.27. The third-order valence-corrected chi connectivity index (χ3v) is 14.3. The van der Waals surface area contributed by atoms with Gasteiger partial charge in [0, 0.05) is 40.7 Å². The molecule has 3 N–H and O–H groups in total. The van der Waals surface area contributed by atoms with Gasteiger partial charge in [-0.1, -0.05) is 96.6 Å². The minimum Gasteiger partial charge on any atom is -0.497 e. The van der Waals surface area contributed by atoms with Gasteiger partial charge >= 0.3 is 5.97 Å². The highest BCUT2D eigenvalue weighted by Gasteiger charge is 2.47. The van der Waals surface area contributed by atoms with Crippen molar-refractivity contribution in [3.8, 4) is 11.4 Å². The number of hydrogen-bond acceptors (Lipinski definition) is 14. The van der Waals surface area contributed by atoms with E-state index in [4.69, 9.17) is 18.9 Å². The smallest absolute Gasteiger partial charge is 0.308 e. The number of fused-ring (bicyclic) bond motifs is 1. The number of para-hydroxylation sites is 1. The number of ether oxygens (including phenoxy) is 4. The third-order valence-electron chi connectivity index (χ3n) is 13.3. The minimum absolute atomic E-state index is 0.0606. The number of cyclic esters (lactones) is 1. The first-order valence-corrected chi connectivity index (χ1v) is 24.9. The third kappa shape index (κ3) is 13.8. The Morgan fingerprint density at radius 1 is 0.985 bits per heavy atom. The summed E-state index contributed by atoms with van der Waals surface area (Å²) in [6, 6.07) is 17.1. The van der Waals surface area contributed by atoms with Gasteiger partial charge in [0.25, 0.3) is 0 Å². The Hall–Kier alpha value is -4.14. The summed E-state index contributed by atoms with van der Waals surface area (Å²) in [6.07, 6.45) is 3.62. The molecule has 0 saturated carbocycles. The lowest BCUT2D eigenvalue weighted by atomic mass is 9.79. The number of aromatic nitrogens is 4. The van der Waals surface area contributed by atoms with E-state index in [0.717, 1.165) is 39.2 Å². The molecule has 6 rings (SSSR count). The monoisotopic (exact) mass is 1040 g/mol. The molecule has 0 spiro atoms. The molecule has 2 aliphatic heterocycles. The molecule has 12 atom stereocenters. The lowest BCUT2D eigenvalue weighted by molar-refractivity contribution is -0.304. The fraction of sp³-hybridized carbons (Fsp3) is 0.549. The molecule has 0 aliphatic carbocycles. The van der Waals surface area contributed by atoms with Crippen molar-refractivity contribution in [2.45, 2.75) is 122 Å². The molecule has 0 radical (unpaired) electrons. The second kappa shape index (κ2) is 24.4. The van der Waals surface area contributed by atoms with Crippen molar-refractivity contribution < 1.29 is 43.9 Å². The van der Waals surface area contributed by atoms with Crippen molar-refractivity contribution in [3.63, 3.8) is 0 Å². The van der Waals surface area contributed by atoms with E-state index in [1.54, 1.807) is 50.0 Å². The van der Waals surface area contributed by atoms with E-state index in [1.807, 2.05) is 101 Å². The van der Waals surface area contributed by atoms with Gasteiger partial charge in [0.1, 0.15) is 18.0 Å². The zero-order valence-corrected chi connectivity index (χ0v) is 42.2. The number of esters is 1. The number of methoxy groups -OCH3 is 1. The predicted molar refractivity (Wildman–Crippen MR) is 265 cm³/mol. The highest BCUT2D eigenvalue weighted by molar-refractivity contribution is 14.1. The van der Waals surface area contributed by atoms with Crippen LogP contribution in [0.3, 0.4) is 0 Å². The second-order valence-corrected chi connectivity index (χ2v) is 19.4. The first kappa shape index (κ1) is 52.2. The quantitative estimate of drug-likeness (QED) is 0.0709. The van der Waals surface area contributed by atoms with Crippen LogP contribution in [0.1, 0.15) is 71.6 Å². The molecular formula is C51H69IN6O9. The maximum absolute atomic E-state index is 14.1. The van der Waals surface area contributed by atoms with Gasteiger partial charge in [-0.15, -0.1) is 5.10 Å². The molecule has 67 heavy (non-hydrogen) atoms. The Morgan fingerprint density at radius 2 is 1.73 bits per heavy atom. The van der Waals surface area contributed by atoms with Crippen LogP contribution >= 0.6 is 22.6 Å². The van der Waals surface area contributed by atoms with Crippen LogP contribution < -0.4 is 4.74 Å². The fourth-order valence-corrected chi connectivity index (χ4v) is 10.1. The number of pyridine rings is 1. The van der Waals surface area contributed by atoms with Gasteiger partial charge in [-0.05, 0) is 95.6 Å². The molecule has 0 bridgehead atoms. The number of nitrogens with zero attached hydrogens (tertiary/aromatic N) is 6. The molecule has 1 saturated heterocycles. The lowest BCUT2D eigenvalue weighted by Crippen LogP contribution is -2.63. The van der Waals surface area contributed by atoms with Gasteiger partial charge in [-0.3, -0.25) is 19.5 Å². The van der Waals surface area contributed by atoms with E-state index in [0.29, 0.717) is 43.3 Å². The Kier molecular flexibility index (Phi) is 19.0. The molecule has 4 heterocycles. The molecule has 0 amide bonds. The molecule has 2 aliphatic rings. The van der Waals surface area contributed by atoms with E-state index < -0.39 is 72.7 Å². The summed E-state index contributed by atoms with van der Waals surface area (Å²) in [4.78, 5) is 36.4. The Balaban J connectivity index is 1.37. The molecule has 16 heteroatoms. The van der Waals surface area contributed by atoms with E-state index >= 15 is 0 Å². The lowest BCUT2D eigenvalue weighted by Gasteiger charge is -2.46. The number of rotatable bonds is 14. The highest BCUT2D eigenvalue weighted by atomic mass is 127. The summed E-state index contributed by atoms with van der Waals surface area (Å²) >= 11 is 2.28. The molecule has 2 aromatic heterocycles. The topological polar surface area (TPSA) is 182 Å². The van der Waals surface area contributed by atoms with Crippen LogP contribution in [0.2, 0.25) is 0 Å². The van der Waals surface area contributed by atoms with Crippen molar-refractivity contribution in [1.82, 2.24) is 29.8 Å². The van der Waals surface area contributed by atoms with Crippen LogP contribution in [0.25, 0.3) is 16.6 Å². The van der Waals surface area contributed by atoms with Gasteiger partial charge in [0.15, 0.2) is 12.1 Å². The summed E-state index contributed by atoms with van der Waals surface area (Å²) < 4.78 is 27.0. The fourth-order valence-electron chi connectivity index (χ4n) is 9.29. The SMILES string of the molecule is CC[C@H]1OC(=O)C[C@@H](O)[C@H](C)[C@@H](O[C@@H]2O[C@H](C)[C@@H](O)[C@H](N(C)C)[C@H]2O)[C@@H](CCN(Cc2ccc(OC)cc2)Cc2cn(-c3cnc4ccccc4c3)nn2)C[C@@H](C)C(=O)/C=C/C(C)=C/[C@@H]1CI. The average molecular weight is 1040 g/mol. The molecule has 4 aromatic rings. The molecule has 2 aromatic carbocycles. The van der Waals surface area contributed by atoms with E-state index in [1.165, 1.54) is 0 Å². The predicted octanol–water partition coefficient (Wildman–Crippen LogP) is 6.49. The standard InChI is InChI=1S/C51H69IN6O9/c1-9-45-38(26-52)22-31(2)14-19-43(59)32(3)23-37(50(33(4)44(60)25-46(61)66-45)67-51-49(63)47(56(6)7)48(62)34(5)65-51)20-21-57(28-35-15-17-41(64-8)18-16-35)29-39-30-58(55-54-39)40-24-36-12-10-11-13-42(36)53-27-40/h10-19,22,24,27,30,32-34,37-38,44-45,47-51,60,62-63H,9,20-21,23,25-26,28-29H2,1-8H3/b19-14+,31-22+/t32-,33+,34-,37+,38-,44-,45-,47+,48-,49-,50-,51+/m1/s1. The van der Waals surface area contributed by atoms with Crippen LogP contribution in [0, 0.1) is 23.7 Å². The molecule has 15 nitrogen and oxygen atoms in total. The summed E-state index contributed by atoms with van der Waals surface area (Å²) in [7, 11) is 5.18. The number of likely N-dealkylation sites (N-methyl/N-ethyl adjacent to an activating group) is 1. The van der Waals surface area contributed by atoms with Gasteiger partial charge in [0.2, 0.25) is 0 Å². The summed E-state index contributed by atoms with van der Waals surface area (Å²) in [5, 5.41) is 45.0. The number of allylic oxidation sites excluding steroid dienone is 3. The number of hydrogen-bond donors (Lipinski definition) is 3. The largest absolute Gasteiger partial charge is 0.497 e. The van der Waals surface area contributed by atoms with Crippen molar-refractivity contribution in [2.24, 2.45) is 23.7 Å². The molecule has 0 unspecified atom stereocenters. The second-order valence-electron chi connectivity index (χ2n) is 18.6. The number of benzene rings is 2. The van der Waals surface area contributed by atoms with Gasteiger partial charge in [0.05, 0.1) is 73.3 Å². The maximum Gasteiger partial charge on any atom is 0.308 e. The van der Waals surface area contributed by atoms with Crippen LogP contribution in [0.15, 0.2) is 90.8 Å². The van der Waals surface area contributed by atoms with Crippen molar-refractivity contribution in [1.29, 1.82) is 0 Å². The van der Waals surface area contributed by atoms with Gasteiger partial charge in [-0.2, -0.15) is 0 Å². The number of aliphatic hydroxyl groups excluding tert-OH is 3. The number of carbonyl (C=O) groups excluding carboxylic acids is 2. The zero-order chi connectivity index (χ0) is 48.4. The zero-order valence-electron chi connectivity index (χ0n) is 40.0. The number of ketones is 1. The van der Waals surface area contributed by atoms with Crippen molar-refractivity contribution in [3.05, 3.63) is 102 Å².